The molecule has 4 heteroatoms. The summed E-state index contributed by atoms with van der Waals surface area (Å²) in [7, 11) is 0. The molecule has 312 valence electrons. The molecule has 0 fully saturated rings. The lowest BCUT2D eigenvalue weighted by atomic mass is 9.92. The Morgan fingerprint density at radius 3 is 0.873 bits per heavy atom. The number of hydrogen-bond acceptors (Lipinski definition) is 4. The van der Waals surface area contributed by atoms with E-state index >= 15 is 0 Å². The highest BCUT2D eigenvalue weighted by molar-refractivity contribution is 5.97. The Morgan fingerprint density at radius 1 is 0.382 bits per heavy atom. The van der Waals surface area contributed by atoms with Crippen LogP contribution in [0.25, 0.3) is 0 Å². The third-order valence-corrected chi connectivity index (χ3v) is 11.8. The van der Waals surface area contributed by atoms with Gasteiger partial charge in [-0.05, 0) is 73.2 Å². The Hall–Kier alpha value is -2.62. The fraction of sp³-hybridized carbons (Fsp3) is 0.725. The maximum Gasteiger partial charge on any atom is 0.162 e. The summed E-state index contributed by atoms with van der Waals surface area (Å²) in [5, 5.41) is 21.9. The van der Waals surface area contributed by atoms with Crippen molar-refractivity contribution in [2.75, 3.05) is 0 Å². The summed E-state index contributed by atoms with van der Waals surface area (Å²) in [6.07, 6.45) is 40.2. The van der Waals surface area contributed by atoms with Gasteiger partial charge in [-0.2, -0.15) is 0 Å². The molecule has 0 aromatic heterocycles. The van der Waals surface area contributed by atoms with Gasteiger partial charge in [0.1, 0.15) is 11.5 Å². The minimum Gasteiger partial charge on any atom is -0.507 e. The first-order valence-electron chi connectivity index (χ1n) is 23.5. The number of aromatic hydroxyl groups is 2. The van der Waals surface area contributed by atoms with Gasteiger partial charge in [0.05, 0.1) is 0 Å². The molecular weight excluding hydrogens is 677 g/mol. The van der Waals surface area contributed by atoms with Gasteiger partial charge in [0, 0.05) is 30.4 Å². The van der Waals surface area contributed by atoms with Crippen LogP contribution in [-0.2, 0) is 6.42 Å². The predicted molar refractivity (Wildman–Crippen MR) is 236 cm³/mol. The Bertz CT molecular complexity index is 1210. The SMILES string of the molecule is CCCCCCCCCCCCCCCCCC(=O)c1cc(C)c(O)c(Cc2cc(C(=O)CCCCCCCCCCCCCCCCC)cc(C)c2O)c1. The first kappa shape index (κ1) is 48.5. The average molecular weight is 761 g/mol. The van der Waals surface area contributed by atoms with Gasteiger partial charge in [0.2, 0.25) is 0 Å². The molecule has 0 unspecified atom stereocenters. The van der Waals surface area contributed by atoms with Crippen LogP contribution >= 0.6 is 0 Å². The lowest BCUT2D eigenvalue weighted by Crippen LogP contribution is -2.04. The number of carbonyl (C=O) groups is 2. The molecule has 0 aliphatic rings. The molecule has 2 rings (SSSR count). The second-order valence-corrected chi connectivity index (χ2v) is 17.0. The molecule has 4 nitrogen and oxygen atoms in total. The molecule has 0 amide bonds. The highest BCUT2D eigenvalue weighted by Crippen LogP contribution is 2.32. The molecule has 0 aliphatic carbocycles. The number of rotatable bonds is 36. The largest absolute Gasteiger partial charge is 0.507 e. The minimum atomic E-state index is 0.104. The van der Waals surface area contributed by atoms with E-state index in [2.05, 4.69) is 13.8 Å². The summed E-state index contributed by atoms with van der Waals surface area (Å²) in [5.74, 6) is 0.504. The Morgan fingerprint density at radius 2 is 0.618 bits per heavy atom. The molecule has 55 heavy (non-hydrogen) atoms. The monoisotopic (exact) mass is 761 g/mol. The summed E-state index contributed by atoms with van der Waals surface area (Å²) < 4.78 is 0. The smallest absolute Gasteiger partial charge is 0.162 e. The zero-order valence-corrected chi connectivity index (χ0v) is 36.4. The number of unbranched alkanes of at least 4 members (excludes halogenated alkanes) is 28. The Labute approximate surface area is 339 Å². The lowest BCUT2D eigenvalue weighted by molar-refractivity contribution is 0.0971. The molecule has 2 aromatic rings. The van der Waals surface area contributed by atoms with Crippen LogP contribution in [0.5, 0.6) is 11.5 Å². The highest BCUT2D eigenvalue weighted by atomic mass is 16.3. The molecule has 0 bridgehead atoms. The summed E-state index contributed by atoms with van der Waals surface area (Å²) in [5.41, 5.74) is 3.78. The molecule has 0 saturated heterocycles. The molecule has 2 N–H and O–H groups in total. The van der Waals surface area contributed by atoms with Crippen LogP contribution in [0.2, 0.25) is 0 Å². The first-order chi connectivity index (χ1) is 26.8. The van der Waals surface area contributed by atoms with Gasteiger partial charge in [-0.1, -0.05) is 194 Å². The number of benzene rings is 2. The highest BCUT2D eigenvalue weighted by Gasteiger charge is 2.17. The van der Waals surface area contributed by atoms with Gasteiger partial charge in [0.25, 0.3) is 0 Å². The van der Waals surface area contributed by atoms with E-state index in [9.17, 15) is 19.8 Å². The van der Waals surface area contributed by atoms with Crippen molar-refractivity contribution in [3.63, 3.8) is 0 Å². The van der Waals surface area contributed by atoms with Crippen molar-refractivity contribution in [2.24, 2.45) is 0 Å². The zero-order chi connectivity index (χ0) is 39.9. The number of Topliss-reactive ketones (excluding diaryl/α,β-unsaturated/α-hetero) is 2. The lowest BCUT2D eigenvalue weighted by Gasteiger charge is -2.14. The van der Waals surface area contributed by atoms with Crippen LogP contribution in [-0.4, -0.2) is 21.8 Å². The Balaban J connectivity index is 1.70. The van der Waals surface area contributed by atoms with Crippen molar-refractivity contribution in [3.05, 3.63) is 57.6 Å². The van der Waals surface area contributed by atoms with Crippen molar-refractivity contribution in [2.45, 2.75) is 240 Å². The van der Waals surface area contributed by atoms with E-state index in [1.165, 1.54) is 167 Å². The van der Waals surface area contributed by atoms with Crippen molar-refractivity contribution in [1.29, 1.82) is 0 Å². The van der Waals surface area contributed by atoms with Gasteiger partial charge < -0.3 is 10.2 Å². The average Bonchev–Trinajstić information content (AvgIpc) is 3.17. The van der Waals surface area contributed by atoms with Crippen LogP contribution in [0.15, 0.2) is 24.3 Å². The van der Waals surface area contributed by atoms with Gasteiger partial charge in [-0.25, -0.2) is 0 Å². The fourth-order valence-electron chi connectivity index (χ4n) is 8.10. The van der Waals surface area contributed by atoms with Gasteiger partial charge in [-0.15, -0.1) is 0 Å². The van der Waals surface area contributed by atoms with Crippen LogP contribution in [0.3, 0.4) is 0 Å². The molecule has 0 atom stereocenters. The first-order valence-corrected chi connectivity index (χ1v) is 23.5. The van der Waals surface area contributed by atoms with Crippen LogP contribution in [0, 0.1) is 13.8 Å². The van der Waals surface area contributed by atoms with E-state index in [1.807, 2.05) is 13.8 Å². The van der Waals surface area contributed by atoms with Gasteiger partial charge in [0.15, 0.2) is 11.6 Å². The number of phenols is 2. The molecule has 0 aliphatic heterocycles. The number of hydrogen-bond donors (Lipinski definition) is 2. The number of ketones is 2. The van der Waals surface area contributed by atoms with E-state index in [-0.39, 0.29) is 29.5 Å². The van der Waals surface area contributed by atoms with E-state index in [1.54, 1.807) is 24.3 Å². The Kier molecular flexibility index (Phi) is 27.8. The summed E-state index contributed by atoms with van der Waals surface area (Å²) >= 11 is 0. The molecule has 0 spiro atoms. The minimum absolute atomic E-state index is 0.104. The van der Waals surface area contributed by atoms with E-state index in [0.717, 1.165) is 25.7 Å². The van der Waals surface area contributed by atoms with Crippen LogP contribution < -0.4 is 0 Å². The number of carbonyl (C=O) groups excluding carboxylic acids is 2. The predicted octanol–water partition coefficient (Wildman–Crippen LogP) is 16.2. The van der Waals surface area contributed by atoms with Gasteiger partial charge in [-0.3, -0.25) is 9.59 Å². The molecule has 0 heterocycles. The van der Waals surface area contributed by atoms with Gasteiger partial charge >= 0.3 is 0 Å². The number of phenolic OH excluding ortho intramolecular Hbond substituents is 2. The normalized spacial score (nSPS) is 11.4. The van der Waals surface area contributed by atoms with Crippen molar-refractivity contribution >= 4 is 11.6 Å². The molecule has 0 saturated carbocycles. The van der Waals surface area contributed by atoms with E-state index in [0.29, 0.717) is 46.2 Å². The maximum atomic E-state index is 13.2. The second-order valence-electron chi connectivity index (χ2n) is 17.0. The summed E-state index contributed by atoms with van der Waals surface area (Å²) in [6.45, 7) is 8.20. The summed E-state index contributed by atoms with van der Waals surface area (Å²) in [6, 6.07) is 7.15. The van der Waals surface area contributed by atoms with Crippen LogP contribution in [0.4, 0.5) is 0 Å². The fourth-order valence-corrected chi connectivity index (χ4v) is 8.10. The van der Waals surface area contributed by atoms with Crippen molar-refractivity contribution < 1.29 is 19.8 Å². The third kappa shape index (κ3) is 22.0. The van der Waals surface area contributed by atoms with Crippen molar-refractivity contribution in [3.8, 4) is 11.5 Å². The summed E-state index contributed by atoms with van der Waals surface area (Å²) in [4.78, 5) is 26.4. The quantitative estimate of drug-likeness (QED) is 0.0536. The standard InChI is InChI=1S/C51H84O4/c1-5-7-9-11-13-15-17-19-21-23-25-27-29-31-33-35-48(52)44-37-42(3)50(54)46(39-44)41-47-40-45(38-43(4)51(47)55)49(53)36-34-32-30-28-26-24-22-20-18-16-14-12-10-8-6-2/h37-40,54-55H,5-36,41H2,1-4H3. The molecular formula is C51H84O4. The van der Waals surface area contributed by atoms with E-state index < -0.39 is 0 Å². The maximum absolute atomic E-state index is 13.2. The topological polar surface area (TPSA) is 74.6 Å². The third-order valence-electron chi connectivity index (χ3n) is 11.8. The zero-order valence-electron chi connectivity index (χ0n) is 36.4. The van der Waals surface area contributed by atoms with Crippen molar-refractivity contribution in [1.82, 2.24) is 0 Å². The second kappa shape index (κ2) is 31.5. The van der Waals surface area contributed by atoms with Crippen LogP contribution in [0.1, 0.15) is 262 Å². The molecule has 2 aromatic carbocycles. The molecule has 0 radical (unpaired) electrons. The number of aryl methyl sites for hydroxylation is 2. The van der Waals surface area contributed by atoms with E-state index in [4.69, 9.17) is 0 Å².